The molecule has 0 aromatic carbocycles. The lowest BCUT2D eigenvalue weighted by atomic mass is 10.2. The van der Waals surface area contributed by atoms with E-state index < -0.39 is 0 Å². The number of hydrogen-bond donors (Lipinski definition) is 1. The average Bonchev–Trinajstić information content (AvgIpc) is 3.08. The van der Waals surface area contributed by atoms with Crippen molar-refractivity contribution in [3.05, 3.63) is 36.8 Å². The first-order valence-corrected chi connectivity index (χ1v) is 6.98. The van der Waals surface area contributed by atoms with Gasteiger partial charge in [-0.05, 0) is 37.2 Å². The Balaban J connectivity index is 1.94. The molecule has 1 aromatic heterocycles. The smallest absolute Gasteiger partial charge is 0.169 e. The van der Waals surface area contributed by atoms with Crippen LogP contribution in [0.15, 0.2) is 35.5 Å². The molecule has 1 saturated heterocycles. The highest BCUT2D eigenvalue weighted by atomic mass is 32.1. The van der Waals surface area contributed by atoms with Crippen molar-refractivity contribution in [2.24, 2.45) is 0 Å². The van der Waals surface area contributed by atoms with E-state index in [0.717, 1.165) is 31.8 Å². The Morgan fingerprint density at radius 1 is 1.63 bits per heavy atom. The third-order valence-corrected chi connectivity index (χ3v) is 3.46. The van der Waals surface area contributed by atoms with Crippen molar-refractivity contribution in [2.45, 2.75) is 25.5 Å². The third kappa shape index (κ3) is 4.36. The van der Waals surface area contributed by atoms with Gasteiger partial charge in [-0.1, -0.05) is 6.08 Å². The van der Waals surface area contributed by atoms with Crippen LogP contribution in [-0.2, 0) is 11.3 Å². The molecule has 2 rings (SSSR count). The van der Waals surface area contributed by atoms with E-state index in [9.17, 15) is 0 Å². The summed E-state index contributed by atoms with van der Waals surface area (Å²) in [5.74, 6) is 0.903. The van der Waals surface area contributed by atoms with E-state index in [2.05, 4.69) is 16.8 Å². The van der Waals surface area contributed by atoms with Crippen LogP contribution in [0.2, 0.25) is 0 Å². The van der Waals surface area contributed by atoms with E-state index in [1.54, 1.807) is 12.3 Å². The van der Waals surface area contributed by atoms with Crippen molar-refractivity contribution in [3.8, 4) is 0 Å². The number of nitrogens with zero attached hydrogens (tertiary/aromatic N) is 1. The molecule has 0 amide bonds. The Kier molecular flexibility index (Phi) is 5.42. The Labute approximate surface area is 119 Å². The van der Waals surface area contributed by atoms with Gasteiger partial charge in [0.25, 0.3) is 0 Å². The minimum Gasteiger partial charge on any atom is -0.467 e. The molecule has 4 nitrogen and oxygen atoms in total. The Morgan fingerprint density at radius 3 is 3.16 bits per heavy atom. The highest BCUT2D eigenvalue weighted by Gasteiger charge is 2.21. The minimum absolute atomic E-state index is 0.262. The second-order valence-electron chi connectivity index (χ2n) is 4.57. The average molecular weight is 280 g/mol. The van der Waals surface area contributed by atoms with Gasteiger partial charge in [0.2, 0.25) is 0 Å². The normalized spacial score (nSPS) is 18.2. The number of hydrogen-bond acceptors (Lipinski definition) is 3. The summed E-state index contributed by atoms with van der Waals surface area (Å²) < 4.78 is 11.1. The molecule has 0 spiro atoms. The standard InChI is InChI=1S/C14H20N2O2S/c1-2-7-15-14(19)16(10-12-5-3-8-17-12)11-13-6-4-9-18-13/h2-3,5,8,13H,1,4,6-7,9-11H2,(H,15,19)/t13-/m0/s1. The Morgan fingerprint density at radius 2 is 2.53 bits per heavy atom. The topological polar surface area (TPSA) is 37.6 Å². The molecule has 1 N–H and O–H groups in total. The molecule has 1 aliphatic rings. The van der Waals surface area contributed by atoms with Crippen LogP contribution in [0.25, 0.3) is 0 Å². The maximum atomic E-state index is 5.68. The monoisotopic (exact) mass is 280 g/mol. The van der Waals surface area contributed by atoms with E-state index in [4.69, 9.17) is 21.4 Å². The lowest BCUT2D eigenvalue weighted by molar-refractivity contribution is 0.0885. The SMILES string of the molecule is C=CCNC(=S)N(Cc1ccco1)C[C@@H]1CCCO1. The van der Waals surface area contributed by atoms with Gasteiger partial charge in [0, 0.05) is 19.7 Å². The van der Waals surface area contributed by atoms with Gasteiger partial charge < -0.3 is 19.4 Å². The van der Waals surface area contributed by atoms with Crippen molar-refractivity contribution in [3.63, 3.8) is 0 Å². The molecule has 1 fully saturated rings. The summed E-state index contributed by atoms with van der Waals surface area (Å²) in [5.41, 5.74) is 0. The highest BCUT2D eigenvalue weighted by Crippen LogP contribution is 2.15. The molecule has 0 unspecified atom stereocenters. The van der Waals surface area contributed by atoms with Gasteiger partial charge in [0.15, 0.2) is 5.11 Å². The summed E-state index contributed by atoms with van der Waals surface area (Å²) in [6.45, 7) is 6.66. The van der Waals surface area contributed by atoms with Gasteiger partial charge in [-0.15, -0.1) is 6.58 Å². The zero-order chi connectivity index (χ0) is 13.5. The van der Waals surface area contributed by atoms with Crippen molar-refractivity contribution < 1.29 is 9.15 Å². The van der Waals surface area contributed by atoms with E-state index >= 15 is 0 Å². The molecule has 2 heterocycles. The molecule has 1 aliphatic heterocycles. The highest BCUT2D eigenvalue weighted by molar-refractivity contribution is 7.80. The van der Waals surface area contributed by atoms with Gasteiger partial charge in [0.05, 0.1) is 18.9 Å². The number of thiocarbonyl (C=S) groups is 1. The fourth-order valence-corrected chi connectivity index (χ4v) is 2.34. The molecule has 0 aliphatic carbocycles. The van der Waals surface area contributed by atoms with Crippen LogP contribution in [-0.4, -0.2) is 35.8 Å². The number of furan rings is 1. The van der Waals surface area contributed by atoms with Crippen LogP contribution < -0.4 is 5.32 Å². The lowest BCUT2D eigenvalue weighted by Crippen LogP contribution is -2.43. The molecular formula is C14H20N2O2S. The first-order chi connectivity index (χ1) is 9.29. The molecule has 19 heavy (non-hydrogen) atoms. The second-order valence-corrected chi connectivity index (χ2v) is 4.96. The summed E-state index contributed by atoms with van der Waals surface area (Å²) in [6, 6.07) is 3.85. The van der Waals surface area contributed by atoms with Crippen molar-refractivity contribution in [1.29, 1.82) is 0 Å². The summed E-state index contributed by atoms with van der Waals surface area (Å²) >= 11 is 5.42. The first kappa shape index (κ1) is 14.1. The molecule has 104 valence electrons. The fraction of sp³-hybridized carbons (Fsp3) is 0.500. The number of ether oxygens (including phenoxy) is 1. The Hall–Kier alpha value is -1.33. The lowest BCUT2D eigenvalue weighted by Gasteiger charge is -2.27. The molecule has 0 bridgehead atoms. The van der Waals surface area contributed by atoms with Crippen LogP contribution in [0, 0.1) is 0 Å². The second kappa shape index (κ2) is 7.31. The maximum absolute atomic E-state index is 5.68. The van der Waals surface area contributed by atoms with Crippen molar-refractivity contribution >= 4 is 17.3 Å². The van der Waals surface area contributed by atoms with Gasteiger partial charge >= 0.3 is 0 Å². The molecule has 5 heteroatoms. The Bertz CT molecular complexity index is 400. The third-order valence-electron chi connectivity index (χ3n) is 3.06. The van der Waals surface area contributed by atoms with Gasteiger partial charge in [-0.25, -0.2) is 0 Å². The quantitative estimate of drug-likeness (QED) is 0.639. The summed E-state index contributed by atoms with van der Waals surface area (Å²) in [4.78, 5) is 2.09. The molecule has 1 atom stereocenters. The van der Waals surface area contributed by atoms with E-state index in [1.165, 1.54) is 0 Å². The zero-order valence-electron chi connectivity index (χ0n) is 11.0. The van der Waals surface area contributed by atoms with Crippen LogP contribution in [0.3, 0.4) is 0 Å². The first-order valence-electron chi connectivity index (χ1n) is 6.57. The van der Waals surface area contributed by atoms with Crippen molar-refractivity contribution in [1.82, 2.24) is 10.2 Å². The molecule has 1 aromatic rings. The summed E-state index contributed by atoms with van der Waals surface area (Å²) in [5, 5.41) is 3.88. The van der Waals surface area contributed by atoms with Crippen LogP contribution in [0.5, 0.6) is 0 Å². The van der Waals surface area contributed by atoms with Crippen LogP contribution in [0.1, 0.15) is 18.6 Å². The van der Waals surface area contributed by atoms with Gasteiger partial charge in [-0.3, -0.25) is 0 Å². The maximum Gasteiger partial charge on any atom is 0.169 e. The predicted molar refractivity (Wildman–Crippen MR) is 78.9 cm³/mol. The summed E-state index contributed by atoms with van der Waals surface area (Å²) in [7, 11) is 0. The zero-order valence-corrected chi connectivity index (χ0v) is 11.8. The predicted octanol–water partition coefficient (Wildman–Crippen LogP) is 2.32. The molecular weight excluding hydrogens is 260 g/mol. The molecule has 0 radical (unpaired) electrons. The van der Waals surface area contributed by atoms with Crippen LogP contribution >= 0.6 is 12.2 Å². The van der Waals surface area contributed by atoms with E-state index in [0.29, 0.717) is 18.2 Å². The van der Waals surface area contributed by atoms with Crippen molar-refractivity contribution in [2.75, 3.05) is 19.7 Å². The fourth-order valence-electron chi connectivity index (χ4n) is 2.12. The van der Waals surface area contributed by atoms with Gasteiger partial charge in [-0.2, -0.15) is 0 Å². The van der Waals surface area contributed by atoms with Gasteiger partial charge in [0.1, 0.15) is 5.76 Å². The van der Waals surface area contributed by atoms with E-state index in [1.807, 2.05) is 12.1 Å². The number of rotatable bonds is 6. The van der Waals surface area contributed by atoms with Crippen LogP contribution in [0.4, 0.5) is 0 Å². The minimum atomic E-state index is 0.262. The van der Waals surface area contributed by atoms with E-state index in [-0.39, 0.29) is 6.10 Å². The largest absolute Gasteiger partial charge is 0.467 e. The molecule has 0 saturated carbocycles. The summed E-state index contributed by atoms with van der Waals surface area (Å²) in [6.07, 6.45) is 5.96. The number of nitrogens with one attached hydrogen (secondary N) is 1.